The minimum Gasteiger partial charge on any atom is -0.481 e. The van der Waals surface area contributed by atoms with E-state index in [1.54, 1.807) is 12.1 Å². The van der Waals surface area contributed by atoms with E-state index in [2.05, 4.69) is 4.72 Å². The second-order valence-electron chi connectivity index (χ2n) is 4.59. The van der Waals surface area contributed by atoms with E-state index in [0.717, 1.165) is 11.3 Å². The first-order chi connectivity index (χ1) is 8.19. The second kappa shape index (κ2) is 5.38. The molecule has 0 aliphatic rings. The van der Waals surface area contributed by atoms with E-state index in [0.29, 0.717) is 0 Å². The zero-order chi connectivity index (χ0) is 14.0. The normalized spacial score (nSPS) is 12.6. The van der Waals surface area contributed by atoms with Crippen LogP contribution in [0.3, 0.4) is 0 Å². The van der Waals surface area contributed by atoms with Crippen LogP contribution in [-0.2, 0) is 21.2 Å². The van der Waals surface area contributed by atoms with Crippen molar-refractivity contribution in [3.8, 4) is 0 Å². The zero-order valence-corrected chi connectivity index (χ0v) is 12.2. The van der Waals surface area contributed by atoms with Crippen LogP contribution in [0, 0.1) is 5.41 Å². The van der Waals surface area contributed by atoms with Gasteiger partial charge in [-0.15, -0.1) is 11.3 Å². The van der Waals surface area contributed by atoms with Gasteiger partial charge in [-0.2, -0.15) is 0 Å². The highest BCUT2D eigenvalue weighted by Crippen LogP contribution is 2.22. The molecule has 1 aromatic heterocycles. The molecule has 0 atom stereocenters. The quantitative estimate of drug-likeness (QED) is 0.835. The predicted molar refractivity (Wildman–Crippen MR) is 70.3 cm³/mol. The third-order valence-corrected chi connectivity index (χ3v) is 5.66. The first-order valence-corrected chi connectivity index (χ1v) is 7.81. The maximum Gasteiger partial charge on any atom is 0.310 e. The summed E-state index contributed by atoms with van der Waals surface area (Å²) in [5.41, 5.74) is -1.13. The molecule has 18 heavy (non-hydrogen) atoms. The van der Waals surface area contributed by atoms with Crippen molar-refractivity contribution in [2.75, 3.05) is 6.54 Å². The maximum atomic E-state index is 11.9. The molecule has 0 aliphatic heterocycles. The Balaban J connectivity index is 2.80. The molecule has 1 heterocycles. The van der Waals surface area contributed by atoms with Gasteiger partial charge in [-0.05, 0) is 32.4 Å². The van der Waals surface area contributed by atoms with Crippen LogP contribution in [0.4, 0.5) is 0 Å². The summed E-state index contributed by atoms with van der Waals surface area (Å²) in [5.74, 6) is -1.04. The minimum atomic E-state index is -3.61. The van der Waals surface area contributed by atoms with E-state index < -0.39 is 21.4 Å². The molecule has 0 aromatic carbocycles. The lowest BCUT2D eigenvalue weighted by molar-refractivity contribution is -0.146. The molecular weight excluding hydrogens is 274 g/mol. The molecule has 0 unspecified atom stereocenters. The maximum absolute atomic E-state index is 11.9. The molecule has 1 aromatic rings. The summed E-state index contributed by atoms with van der Waals surface area (Å²) in [4.78, 5) is 11.9. The number of sulfonamides is 1. The van der Waals surface area contributed by atoms with Crippen molar-refractivity contribution in [3.63, 3.8) is 0 Å². The topological polar surface area (TPSA) is 83.5 Å². The number of rotatable bonds is 6. The monoisotopic (exact) mass is 291 g/mol. The largest absolute Gasteiger partial charge is 0.481 e. The Bertz CT molecular complexity index is 531. The number of hydrogen-bond acceptors (Lipinski definition) is 4. The van der Waals surface area contributed by atoms with Gasteiger partial charge in [-0.25, -0.2) is 13.1 Å². The van der Waals surface area contributed by atoms with Crippen LogP contribution in [0.1, 0.15) is 25.6 Å². The Hall–Kier alpha value is -0.920. The lowest BCUT2D eigenvalue weighted by Crippen LogP contribution is -2.38. The highest BCUT2D eigenvalue weighted by molar-refractivity contribution is 7.91. The van der Waals surface area contributed by atoms with Crippen molar-refractivity contribution in [2.24, 2.45) is 5.41 Å². The van der Waals surface area contributed by atoms with Gasteiger partial charge >= 0.3 is 5.97 Å². The summed E-state index contributed by atoms with van der Waals surface area (Å²) in [7, 11) is -3.61. The predicted octanol–water partition coefficient (Wildman–Crippen LogP) is 1.70. The van der Waals surface area contributed by atoms with Crippen LogP contribution in [0.15, 0.2) is 16.3 Å². The van der Waals surface area contributed by atoms with E-state index in [1.807, 2.05) is 6.92 Å². The van der Waals surface area contributed by atoms with Gasteiger partial charge in [0.25, 0.3) is 0 Å². The fraction of sp³-hybridized carbons (Fsp3) is 0.545. The fourth-order valence-corrected chi connectivity index (χ4v) is 3.67. The van der Waals surface area contributed by atoms with Gasteiger partial charge in [0.05, 0.1) is 5.41 Å². The molecule has 2 N–H and O–H groups in total. The van der Waals surface area contributed by atoms with Crippen molar-refractivity contribution in [1.29, 1.82) is 0 Å². The highest BCUT2D eigenvalue weighted by atomic mass is 32.2. The summed E-state index contributed by atoms with van der Waals surface area (Å²) < 4.78 is 26.4. The number of carboxylic acids is 1. The summed E-state index contributed by atoms with van der Waals surface area (Å²) >= 11 is 1.20. The van der Waals surface area contributed by atoms with Crippen LogP contribution < -0.4 is 4.72 Å². The average molecular weight is 291 g/mol. The molecule has 0 saturated carbocycles. The molecule has 0 spiro atoms. The molecule has 102 valence electrons. The molecule has 0 fully saturated rings. The number of aliphatic carboxylic acids is 1. The number of carbonyl (C=O) groups is 1. The Morgan fingerprint density at radius 3 is 2.50 bits per heavy atom. The van der Waals surface area contributed by atoms with E-state index in [-0.39, 0.29) is 10.8 Å². The number of carboxylic acid groups (broad SMARTS) is 1. The molecule has 0 radical (unpaired) electrons. The number of thiophene rings is 1. The van der Waals surface area contributed by atoms with Crippen LogP contribution in [0.2, 0.25) is 0 Å². The number of nitrogens with one attached hydrogen (secondary N) is 1. The van der Waals surface area contributed by atoms with Gasteiger partial charge in [0.15, 0.2) is 0 Å². The average Bonchev–Trinajstić information content (AvgIpc) is 2.75. The molecule has 5 nitrogen and oxygen atoms in total. The minimum absolute atomic E-state index is 0.135. The molecule has 0 amide bonds. The summed E-state index contributed by atoms with van der Waals surface area (Å²) in [6, 6.07) is 3.31. The first kappa shape index (κ1) is 15.1. The van der Waals surface area contributed by atoms with Crippen LogP contribution in [-0.4, -0.2) is 26.0 Å². The van der Waals surface area contributed by atoms with Gasteiger partial charge in [0.1, 0.15) is 4.21 Å². The Labute approximate surface area is 111 Å². The van der Waals surface area contributed by atoms with Gasteiger partial charge in [-0.3, -0.25) is 4.79 Å². The number of aryl methyl sites for hydroxylation is 1. The second-order valence-corrected chi connectivity index (χ2v) is 7.75. The lowest BCUT2D eigenvalue weighted by atomic mass is 9.95. The molecule has 0 bridgehead atoms. The third-order valence-electron chi connectivity index (χ3n) is 2.53. The van der Waals surface area contributed by atoms with Crippen molar-refractivity contribution < 1.29 is 18.3 Å². The van der Waals surface area contributed by atoms with E-state index in [4.69, 9.17) is 5.11 Å². The van der Waals surface area contributed by atoms with E-state index >= 15 is 0 Å². The van der Waals surface area contributed by atoms with E-state index in [1.165, 1.54) is 25.2 Å². The van der Waals surface area contributed by atoms with Crippen molar-refractivity contribution in [2.45, 2.75) is 31.4 Å². The molecule has 1 rings (SSSR count). The number of hydrogen-bond donors (Lipinski definition) is 2. The smallest absolute Gasteiger partial charge is 0.310 e. The van der Waals surface area contributed by atoms with Gasteiger partial charge in [-0.1, -0.05) is 6.92 Å². The van der Waals surface area contributed by atoms with E-state index in [9.17, 15) is 13.2 Å². The van der Waals surface area contributed by atoms with Crippen LogP contribution in [0.25, 0.3) is 0 Å². The molecule has 7 heteroatoms. The Kier molecular flexibility index (Phi) is 4.52. The molecule has 0 aliphatic carbocycles. The van der Waals surface area contributed by atoms with Gasteiger partial charge in [0.2, 0.25) is 10.0 Å². The zero-order valence-electron chi connectivity index (χ0n) is 10.6. The van der Waals surface area contributed by atoms with Gasteiger partial charge < -0.3 is 5.11 Å². The molecule has 0 saturated heterocycles. The van der Waals surface area contributed by atoms with Crippen molar-refractivity contribution >= 4 is 27.3 Å². The molecular formula is C11H17NO4S2. The van der Waals surface area contributed by atoms with Crippen molar-refractivity contribution in [1.82, 2.24) is 4.72 Å². The summed E-state index contributed by atoms with van der Waals surface area (Å²) in [6.45, 7) is 4.76. The van der Waals surface area contributed by atoms with Crippen LogP contribution in [0.5, 0.6) is 0 Å². The highest BCUT2D eigenvalue weighted by Gasteiger charge is 2.29. The first-order valence-electron chi connectivity index (χ1n) is 5.51. The lowest BCUT2D eigenvalue weighted by Gasteiger charge is -2.19. The SMILES string of the molecule is CCc1ccc(S(=O)(=O)NCC(C)(C)C(=O)O)s1. The van der Waals surface area contributed by atoms with Crippen LogP contribution >= 0.6 is 11.3 Å². The van der Waals surface area contributed by atoms with Crippen molar-refractivity contribution in [3.05, 3.63) is 17.0 Å². The summed E-state index contributed by atoms with van der Waals surface area (Å²) in [6.07, 6.45) is 0.779. The standard InChI is InChI=1S/C11H17NO4S2/c1-4-8-5-6-9(17-8)18(15,16)12-7-11(2,3)10(13)14/h5-6,12H,4,7H2,1-3H3,(H,13,14). The third kappa shape index (κ3) is 3.54. The van der Waals surface area contributed by atoms with Gasteiger partial charge in [0, 0.05) is 11.4 Å². The fourth-order valence-electron chi connectivity index (χ4n) is 1.11. The Morgan fingerprint density at radius 1 is 1.44 bits per heavy atom. The Morgan fingerprint density at radius 2 is 2.06 bits per heavy atom. The summed E-state index contributed by atoms with van der Waals surface area (Å²) in [5, 5.41) is 8.92.